The first-order valence-corrected chi connectivity index (χ1v) is 9.25. The van der Waals surface area contributed by atoms with Gasteiger partial charge < -0.3 is 25.8 Å². The van der Waals surface area contributed by atoms with Gasteiger partial charge in [0, 0.05) is 6.54 Å². The summed E-state index contributed by atoms with van der Waals surface area (Å²) in [5, 5.41) is 6.07. The first-order chi connectivity index (χ1) is 12.9. The summed E-state index contributed by atoms with van der Waals surface area (Å²) < 4.78 is 25.1. The molecule has 146 valence electrons. The Morgan fingerprint density at radius 3 is 2.63 bits per heavy atom. The number of para-hydroxylation sites is 1. The summed E-state index contributed by atoms with van der Waals surface area (Å²) in [5.74, 6) is -1.15. The summed E-state index contributed by atoms with van der Waals surface area (Å²) in [4.78, 5) is 24.3. The summed E-state index contributed by atoms with van der Waals surface area (Å²) >= 11 is 0. The predicted molar refractivity (Wildman–Crippen MR) is 94.4 cm³/mol. The lowest BCUT2D eigenvalue weighted by molar-refractivity contribution is -0.137. The second kappa shape index (κ2) is 6.45. The van der Waals surface area contributed by atoms with Crippen molar-refractivity contribution in [2.45, 2.75) is 36.9 Å². The van der Waals surface area contributed by atoms with E-state index in [1.807, 2.05) is 0 Å². The summed E-state index contributed by atoms with van der Waals surface area (Å²) in [5.41, 5.74) is 4.01. The molecule has 0 aromatic heterocycles. The van der Waals surface area contributed by atoms with Crippen molar-refractivity contribution in [2.24, 2.45) is 11.1 Å². The highest BCUT2D eigenvalue weighted by Crippen LogP contribution is 2.68. The fourth-order valence-electron chi connectivity index (χ4n) is 4.94. The average Bonchev–Trinajstić information content (AvgIpc) is 3.04. The molecule has 1 spiro atoms. The summed E-state index contributed by atoms with van der Waals surface area (Å²) in [7, 11) is 0. The monoisotopic (exact) mass is 377 g/mol. The van der Waals surface area contributed by atoms with E-state index in [0.29, 0.717) is 12.8 Å². The maximum Gasteiger partial charge on any atom is 0.258 e. The van der Waals surface area contributed by atoms with E-state index in [2.05, 4.69) is 10.6 Å². The maximum atomic E-state index is 13.5. The minimum Gasteiger partial charge on any atom is -0.481 e. The number of hydrogen-bond donors (Lipinski definition) is 3. The number of nitrogens with two attached hydrogens (primary N) is 1. The molecule has 27 heavy (non-hydrogen) atoms. The molecule has 0 radical (unpaired) electrons. The molecule has 0 atom stereocenters. The molecular weight excluding hydrogens is 353 g/mol. The molecule has 2 amide bonds. The smallest absolute Gasteiger partial charge is 0.258 e. The number of amides is 2. The van der Waals surface area contributed by atoms with Gasteiger partial charge in [-0.25, -0.2) is 4.39 Å². The van der Waals surface area contributed by atoms with Crippen molar-refractivity contribution in [2.75, 3.05) is 26.2 Å². The van der Waals surface area contributed by atoms with Crippen molar-refractivity contribution in [1.82, 2.24) is 10.6 Å². The Kier molecular flexibility index (Phi) is 4.35. The third kappa shape index (κ3) is 2.87. The summed E-state index contributed by atoms with van der Waals surface area (Å²) in [6, 6.07) is 5.93. The molecule has 1 aromatic rings. The van der Waals surface area contributed by atoms with Crippen LogP contribution < -0.4 is 21.1 Å². The van der Waals surface area contributed by atoms with Gasteiger partial charge in [0.05, 0.1) is 16.6 Å². The Bertz CT molecular complexity index is 757. The van der Waals surface area contributed by atoms with Gasteiger partial charge in [0.1, 0.15) is 0 Å². The maximum absolute atomic E-state index is 13.5. The lowest BCUT2D eigenvalue weighted by Gasteiger charge is -2.47. The van der Waals surface area contributed by atoms with Crippen molar-refractivity contribution in [3.8, 4) is 5.75 Å². The lowest BCUT2D eigenvalue weighted by atomic mass is 9.53. The number of rotatable bonds is 6. The number of ether oxygens (including phenoxy) is 2. The summed E-state index contributed by atoms with van der Waals surface area (Å²) in [6.07, 6.45) is 2.54. The Labute approximate surface area is 156 Å². The van der Waals surface area contributed by atoms with E-state index in [9.17, 15) is 14.0 Å². The van der Waals surface area contributed by atoms with Crippen LogP contribution in [-0.4, -0.2) is 49.3 Å². The van der Waals surface area contributed by atoms with Gasteiger partial charge in [-0.05, 0) is 50.9 Å². The molecule has 3 saturated heterocycles. The number of hydrogen-bond acceptors (Lipinski definition) is 5. The number of halogens is 1. The SMILES string of the molecule is NC(=O)C12CC(CNC(=O)COc3ccccc3F)(C1)OC21CCNCC1. The van der Waals surface area contributed by atoms with Gasteiger partial charge in [0.25, 0.3) is 5.91 Å². The van der Waals surface area contributed by atoms with Gasteiger partial charge >= 0.3 is 0 Å². The van der Waals surface area contributed by atoms with E-state index in [1.54, 1.807) is 12.1 Å². The van der Waals surface area contributed by atoms with Gasteiger partial charge in [0.15, 0.2) is 18.2 Å². The van der Waals surface area contributed by atoms with Crippen LogP contribution in [0.2, 0.25) is 0 Å². The number of carbonyl (C=O) groups is 2. The van der Waals surface area contributed by atoms with Crippen LogP contribution in [0.3, 0.4) is 0 Å². The number of nitrogens with one attached hydrogen (secondary N) is 2. The zero-order chi connectivity index (χ0) is 19.1. The molecule has 1 aromatic carbocycles. The lowest BCUT2D eigenvalue weighted by Crippen LogP contribution is -2.61. The number of piperidine rings is 1. The Balaban J connectivity index is 1.35. The molecule has 7 nitrogen and oxygen atoms in total. The van der Waals surface area contributed by atoms with Gasteiger partial charge in [-0.2, -0.15) is 0 Å². The van der Waals surface area contributed by atoms with Crippen molar-refractivity contribution in [3.63, 3.8) is 0 Å². The van der Waals surface area contributed by atoms with Crippen LogP contribution in [0, 0.1) is 11.2 Å². The highest BCUT2D eigenvalue weighted by Gasteiger charge is 2.77. The second-order valence-electron chi connectivity index (χ2n) is 7.83. The van der Waals surface area contributed by atoms with Gasteiger partial charge in [0.2, 0.25) is 5.91 Å². The largest absolute Gasteiger partial charge is 0.481 e. The molecule has 1 saturated carbocycles. The molecule has 3 heterocycles. The summed E-state index contributed by atoms with van der Waals surface area (Å²) in [6.45, 7) is 1.58. The highest BCUT2D eigenvalue weighted by molar-refractivity contribution is 5.85. The van der Waals surface area contributed by atoms with E-state index in [1.165, 1.54) is 12.1 Å². The van der Waals surface area contributed by atoms with Crippen molar-refractivity contribution in [1.29, 1.82) is 0 Å². The van der Waals surface area contributed by atoms with E-state index in [4.69, 9.17) is 15.2 Å². The minimum absolute atomic E-state index is 0.0352. The van der Waals surface area contributed by atoms with Gasteiger partial charge in [-0.1, -0.05) is 12.1 Å². The Morgan fingerprint density at radius 2 is 1.96 bits per heavy atom. The number of benzene rings is 1. The van der Waals surface area contributed by atoms with Crippen LogP contribution in [0.4, 0.5) is 4.39 Å². The minimum atomic E-state index is -0.635. The molecule has 1 aliphatic carbocycles. The fraction of sp³-hybridized carbons (Fsp3) is 0.579. The standard InChI is InChI=1S/C19H24FN3O4/c20-13-3-1-2-4-14(13)26-9-15(24)23-12-17-10-18(11-17,16(21)25)19(27-17)5-7-22-8-6-19/h1-4,22H,5-12H2,(H2,21,25)(H,23,24). The van der Waals surface area contributed by atoms with Crippen molar-refractivity contribution < 1.29 is 23.5 Å². The quantitative estimate of drug-likeness (QED) is 0.669. The topological polar surface area (TPSA) is 103 Å². The molecule has 4 fully saturated rings. The number of carbonyl (C=O) groups excluding carboxylic acids is 2. The first-order valence-electron chi connectivity index (χ1n) is 9.25. The third-order valence-corrected chi connectivity index (χ3v) is 6.22. The van der Waals surface area contributed by atoms with Crippen molar-refractivity contribution >= 4 is 11.8 Å². The fourth-order valence-corrected chi connectivity index (χ4v) is 4.94. The zero-order valence-electron chi connectivity index (χ0n) is 15.1. The molecule has 4 aliphatic rings. The van der Waals surface area contributed by atoms with Gasteiger partial charge in [-0.3, -0.25) is 9.59 Å². The molecule has 8 heteroatoms. The van der Waals surface area contributed by atoms with Crippen LogP contribution >= 0.6 is 0 Å². The predicted octanol–water partition coefficient (Wildman–Crippen LogP) is 0.477. The van der Waals surface area contributed by atoms with E-state index >= 15 is 0 Å². The molecule has 2 bridgehead atoms. The number of primary amides is 1. The van der Waals surface area contributed by atoms with E-state index in [-0.39, 0.29) is 30.7 Å². The van der Waals surface area contributed by atoms with Crippen LogP contribution in [0.1, 0.15) is 25.7 Å². The highest BCUT2D eigenvalue weighted by atomic mass is 19.1. The van der Waals surface area contributed by atoms with Crippen LogP contribution in [-0.2, 0) is 14.3 Å². The van der Waals surface area contributed by atoms with Gasteiger partial charge in [-0.15, -0.1) is 0 Å². The van der Waals surface area contributed by atoms with Crippen LogP contribution in [0.5, 0.6) is 5.75 Å². The zero-order valence-corrected chi connectivity index (χ0v) is 15.1. The van der Waals surface area contributed by atoms with E-state index in [0.717, 1.165) is 25.9 Å². The molecular formula is C19H24FN3O4. The van der Waals surface area contributed by atoms with Crippen LogP contribution in [0.25, 0.3) is 0 Å². The first kappa shape index (κ1) is 18.2. The normalized spacial score (nSPS) is 30.6. The molecule has 5 rings (SSSR count). The van der Waals surface area contributed by atoms with E-state index < -0.39 is 22.4 Å². The third-order valence-electron chi connectivity index (χ3n) is 6.22. The second-order valence-corrected chi connectivity index (χ2v) is 7.83. The molecule has 0 unspecified atom stereocenters. The Morgan fingerprint density at radius 1 is 1.26 bits per heavy atom. The Hall–Kier alpha value is -2.19. The van der Waals surface area contributed by atoms with Crippen LogP contribution in [0.15, 0.2) is 24.3 Å². The molecule has 4 N–H and O–H groups in total. The average molecular weight is 377 g/mol. The molecule has 3 aliphatic heterocycles. The van der Waals surface area contributed by atoms with Crippen molar-refractivity contribution in [3.05, 3.63) is 30.1 Å².